The molecule has 3 heterocycles. The molecule has 0 spiro atoms. The highest BCUT2D eigenvalue weighted by molar-refractivity contribution is 7.90. The van der Waals surface area contributed by atoms with E-state index in [1.54, 1.807) is 26.0 Å². The van der Waals surface area contributed by atoms with E-state index in [1.165, 1.54) is 12.3 Å². The molecular weight excluding hydrogens is 452 g/mol. The first kappa shape index (κ1) is 23.4. The van der Waals surface area contributed by atoms with E-state index < -0.39 is 27.1 Å². The van der Waals surface area contributed by atoms with Crippen LogP contribution >= 0.6 is 0 Å². The SMILES string of the molecule is CC(C)(Oc1ccc(F)cc1F)C(=O)N[C@H]1C[C@H]2CC[C@@H](C1)N2c1ccc(S(C)(=O)=O)cn1. The largest absolute Gasteiger partial charge is 0.475 e. The summed E-state index contributed by atoms with van der Waals surface area (Å²) in [6.07, 6.45) is 5.85. The number of nitrogens with zero attached hydrogens (tertiary/aromatic N) is 2. The molecule has 0 radical (unpaired) electrons. The lowest BCUT2D eigenvalue weighted by Gasteiger charge is -2.40. The zero-order chi connectivity index (χ0) is 24.0. The van der Waals surface area contributed by atoms with Crippen LogP contribution < -0.4 is 15.0 Å². The molecule has 1 aromatic heterocycles. The maximum Gasteiger partial charge on any atom is 0.263 e. The van der Waals surface area contributed by atoms with Gasteiger partial charge < -0.3 is 15.0 Å². The fraction of sp³-hybridized carbons (Fsp3) is 0.478. The van der Waals surface area contributed by atoms with E-state index >= 15 is 0 Å². The molecule has 2 saturated heterocycles. The van der Waals surface area contributed by atoms with Crippen LogP contribution in [0.1, 0.15) is 39.5 Å². The van der Waals surface area contributed by atoms with Crippen LogP contribution in [0.5, 0.6) is 5.75 Å². The van der Waals surface area contributed by atoms with Gasteiger partial charge in [-0.2, -0.15) is 0 Å². The molecule has 178 valence electrons. The third-order valence-electron chi connectivity index (χ3n) is 6.29. The summed E-state index contributed by atoms with van der Waals surface area (Å²) in [5.74, 6) is -1.41. The van der Waals surface area contributed by atoms with Crippen molar-refractivity contribution in [3.63, 3.8) is 0 Å². The minimum atomic E-state index is -3.31. The Labute approximate surface area is 192 Å². The Morgan fingerprint density at radius 3 is 2.36 bits per heavy atom. The number of carbonyl (C=O) groups excluding carboxylic acids is 1. The molecule has 2 bridgehead atoms. The summed E-state index contributed by atoms with van der Waals surface area (Å²) in [7, 11) is -3.31. The predicted molar refractivity (Wildman–Crippen MR) is 119 cm³/mol. The lowest BCUT2D eigenvalue weighted by atomic mass is 9.96. The van der Waals surface area contributed by atoms with Crippen LogP contribution in [0.4, 0.5) is 14.6 Å². The van der Waals surface area contributed by atoms with E-state index in [0.29, 0.717) is 18.9 Å². The van der Waals surface area contributed by atoms with Gasteiger partial charge in [0, 0.05) is 36.6 Å². The van der Waals surface area contributed by atoms with Crippen molar-refractivity contribution in [2.45, 2.75) is 68.2 Å². The topological polar surface area (TPSA) is 88.6 Å². The van der Waals surface area contributed by atoms with E-state index in [2.05, 4.69) is 15.2 Å². The summed E-state index contributed by atoms with van der Waals surface area (Å²) in [5, 5.41) is 3.03. The molecule has 2 fully saturated rings. The minimum absolute atomic E-state index is 0.0810. The first-order valence-electron chi connectivity index (χ1n) is 10.8. The van der Waals surface area contributed by atoms with Gasteiger partial charge >= 0.3 is 0 Å². The van der Waals surface area contributed by atoms with Gasteiger partial charge in [-0.1, -0.05) is 0 Å². The normalized spacial score (nSPS) is 22.8. The molecule has 10 heteroatoms. The van der Waals surface area contributed by atoms with Crippen LogP contribution in [-0.2, 0) is 14.6 Å². The number of amides is 1. The summed E-state index contributed by atoms with van der Waals surface area (Å²) >= 11 is 0. The summed E-state index contributed by atoms with van der Waals surface area (Å²) in [4.78, 5) is 19.7. The molecule has 2 aliphatic rings. The van der Waals surface area contributed by atoms with E-state index in [4.69, 9.17) is 4.74 Å². The number of pyridine rings is 1. The van der Waals surface area contributed by atoms with E-state index in [0.717, 1.165) is 31.0 Å². The van der Waals surface area contributed by atoms with Gasteiger partial charge in [0.1, 0.15) is 11.6 Å². The monoisotopic (exact) mass is 479 g/mol. The second-order valence-corrected chi connectivity index (χ2v) is 11.3. The first-order valence-corrected chi connectivity index (χ1v) is 12.7. The van der Waals surface area contributed by atoms with E-state index in [9.17, 15) is 22.0 Å². The number of anilines is 1. The van der Waals surface area contributed by atoms with Crippen LogP contribution in [0.25, 0.3) is 0 Å². The Balaban J connectivity index is 1.41. The van der Waals surface area contributed by atoms with Gasteiger partial charge in [-0.25, -0.2) is 22.2 Å². The van der Waals surface area contributed by atoms with E-state index in [-0.39, 0.29) is 34.7 Å². The van der Waals surface area contributed by atoms with Gasteiger partial charge in [0.15, 0.2) is 27.0 Å². The number of nitrogens with one attached hydrogen (secondary N) is 1. The zero-order valence-electron chi connectivity index (χ0n) is 18.7. The molecule has 2 aliphatic heterocycles. The maximum atomic E-state index is 14.0. The molecule has 3 atom stereocenters. The fourth-order valence-electron chi connectivity index (χ4n) is 4.65. The number of aromatic nitrogens is 1. The smallest absolute Gasteiger partial charge is 0.263 e. The van der Waals surface area contributed by atoms with Crippen molar-refractivity contribution in [1.29, 1.82) is 0 Å². The van der Waals surface area contributed by atoms with Gasteiger partial charge in [-0.05, 0) is 63.8 Å². The Kier molecular flexibility index (Phi) is 6.07. The number of benzene rings is 1. The summed E-state index contributed by atoms with van der Waals surface area (Å²) in [6, 6.07) is 6.52. The van der Waals surface area contributed by atoms with Gasteiger partial charge in [0.05, 0.1) is 4.90 Å². The number of hydrogen-bond acceptors (Lipinski definition) is 6. The highest BCUT2D eigenvalue weighted by atomic mass is 32.2. The summed E-state index contributed by atoms with van der Waals surface area (Å²) in [6.45, 7) is 3.09. The number of halogens is 2. The van der Waals surface area contributed by atoms with Gasteiger partial charge in [-0.3, -0.25) is 4.79 Å². The molecule has 1 amide bonds. The van der Waals surface area contributed by atoms with Gasteiger partial charge in [-0.15, -0.1) is 0 Å². The Hall–Kier alpha value is -2.75. The van der Waals surface area contributed by atoms with Crippen molar-refractivity contribution in [3.05, 3.63) is 48.2 Å². The molecule has 0 aliphatic carbocycles. The number of sulfone groups is 1. The fourth-order valence-corrected chi connectivity index (χ4v) is 5.21. The second kappa shape index (κ2) is 8.55. The second-order valence-electron chi connectivity index (χ2n) is 9.25. The molecule has 0 saturated carbocycles. The highest BCUT2D eigenvalue weighted by Crippen LogP contribution is 2.39. The molecule has 1 aromatic carbocycles. The molecule has 7 nitrogen and oxygen atoms in total. The first-order chi connectivity index (χ1) is 15.4. The van der Waals surface area contributed by atoms with Gasteiger partial charge in [0.25, 0.3) is 5.91 Å². The van der Waals surface area contributed by atoms with Crippen molar-refractivity contribution in [1.82, 2.24) is 10.3 Å². The number of ether oxygens (including phenoxy) is 1. The maximum absolute atomic E-state index is 14.0. The molecule has 4 rings (SSSR count). The van der Waals surface area contributed by atoms with Crippen LogP contribution in [0, 0.1) is 11.6 Å². The molecule has 33 heavy (non-hydrogen) atoms. The van der Waals surface area contributed by atoms with Crippen molar-refractivity contribution in [3.8, 4) is 5.75 Å². The van der Waals surface area contributed by atoms with Crippen LogP contribution in [0.3, 0.4) is 0 Å². The number of fused-ring (bicyclic) bond motifs is 2. The molecule has 1 N–H and O–H groups in total. The number of carbonyl (C=O) groups is 1. The third kappa shape index (κ3) is 4.95. The van der Waals surface area contributed by atoms with Crippen LogP contribution in [0.15, 0.2) is 41.4 Å². The zero-order valence-corrected chi connectivity index (χ0v) is 19.5. The molecule has 0 unspecified atom stereocenters. The molecule has 2 aromatic rings. The van der Waals surface area contributed by atoms with E-state index in [1.807, 2.05) is 0 Å². The predicted octanol–water partition coefficient (Wildman–Crippen LogP) is 3.24. The number of piperidine rings is 1. The highest BCUT2D eigenvalue weighted by Gasteiger charge is 2.43. The van der Waals surface area contributed by atoms with Crippen molar-refractivity contribution < 1.29 is 26.7 Å². The van der Waals surface area contributed by atoms with Crippen molar-refractivity contribution in [2.75, 3.05) is 11.2 Å². The molecular formula is C23H27F2N3O4S. The average molecular weight is 480 g/mol. The summed E-state index contributed by atoms with van der Waals surface area (Å²) < 4.78 is 56.1. The number of rotatable bonds is 6. The van der Waals surface area contributed by atoms with Crippen molar-refractivity contribution >= 4 is 21.6 Å². The minimum Gasteiger partial charge on any atom is -0.475 e. The third-order valence-corrected chi connectivity index (χ3v) is 7.39. The van der Waals surface area contributed by atoms with Crippen LogP contribution in [-0.4, -0.2) is 49.3 Å². The lowest BCUT2D eigenvalue weighted by Crippen LogP contribution is -2.55. The average Bonchev–Trinajstić information content (AvgIpc) is 3.00. The Bertz CT molecular complexity index is 1140. The van der Waals surface area contributed by atoms with Gasteiger partial charge in [0.2, 0.25) is 0 Å². The standard InChI is InChI=1S/C23H27F2N3O4S/c1-23(2,32-20-8-4-14(24)10-19(20)25)22(29)27-15-11-16-5-6-17(12-15)28(16)21-9-7-18(13-26-21)33(3,30)31/h4,7-10,13,15-17H,5-6,11-12H2,1-3H3,(H,27,29)/t15-,16+,17-. The van der Waals surface area contributed by atoms with Crippen LogP contribution in [0.2, 0.25) is 0 Å². The number of hydrogen-bond donors (Lipinski definition) is 1. The quantitative estimate of drug-likeness (QED) is 0.685. The lowest BCUT2D eigenvalue weighted by molar-refractivity contribution is -0.135. The Morgan fingerprint density at radius 1 is 1.15 bits per heavy atom. The summed E-state index contributed by atoms with van der Waals surface area (Å²) in [5.41, 5.74) is -1.35. The Morgan fingerprint density at radius 2 is 1.82 bits per heavy atom. The van der Waals surface area contributed by atoms with Crippen molar-refractivity contribution in [2.24, 2.45) is 0 Å².